The molecular weight excluding hydrogens is 306 g/mol. The minimum Gasteiger partial charge on any atom is -0.494 e. The summed E-state index contributed by atoms with van der Waals surface area (Å²) >= 11 is 0. The highest BCUT2D eigenvalue weighted by Gasteiger charge is 2.20. The van der Waals surface area contributed by atoms with Gasteiger partial charge in [-0.15, -0.1) is 0 Å². The normalized spacial score (nSPS) is 12.4. The molecule has 24 heavy (non-hydrogen) atoms. The molecule has 0 saturated carbocycles. The van der Waals surface area contributed by atoms with Gasteiger partial charge in [0, 0.05) is 11.2 Å². The van der Waals surface area contributed by atoms with Gasteiger partial charge in [0.25, 0.3) is 11.8 Å². The molecule has 0 bridgehead atoms. The van der Waals surface area contributed by atoms with Crippen LogP contribution in [0.4, 0.5) is 5.69 Å². The summed E-state index contributed by atoms with van der Waals surface area (Å²) in [4.78, 5) is 25.1. The van der Waals surface area contributed by atoms with E-state index in [1.807, 2.05) is 46.8 Å². The molecule has 1 rings (SSSR count). The second-order valence-corrected chi connectivity index (χ2v) is 6.76. The Balaban J connectivity index is 2.50. The van der Waals surface area contributed by atoms with Crippen molar-refractivity contribution in [3.05, 3.63) is 24.3 Å². The van der Waals surface area contributed by atoms with Crippen molar-refractivity contribution in [2.75, 3.05) is 31.6 Å². The van der Waals surface area contributed by atoms with Crippen LogP contribution < -0.4 is 20.3 Å². The molecule has 0 saturated heterocycles. The van der Waals surface area contributed by atoms with E-state index in [0.717, 1.165) is 16.3 Å². The predicted octanol–water partition coefficient (Wildman–Crippen LogP) is 0.843. The zero-order valence-corrected chi connectivity index (χ0v) is 15.4. The van der Waals surface area contributed by atoms with Gasteiger partial charge in [-0.05, 0) is 58.9 Å². The van der Waals surface area contributed by atoms with Gasteiger partial charge >= 0.3 is 0 Å². The number of carbonyl (C=O) groups excluding carboxylic acids is 2. The van der Waals surface area contributed by atoms with Crippen molar-refractivity contribution in [2.24, 2.45) is 0 Å². The van der Waals surface area contributed by atoms with E-state index in [0.29, 0.717) is 13.2 Å². The molecule has 0 aliphatic rings. The standard InChI is InChI=1S/C18H29N3O3/c1-6-21(13-17(23)20-18(3,4)5)12-16(22)19-14-8-10-15(11-9-14)24-7-2/h8-11H,6-7,12-13H2,1-5H3,(H,19,22)(H,20,23)/p+1. The number of anilines is 1. The van der Waals surface area contributed by atoms with Crippen LogP contribution in [0.25, 0.3) is 0 Å². The Morgan fingerprint density at radius 2 is 1.62 bits per heavy atom. The first kappa shape index (κ1) is 20.0. The quantitative estimate of drug-likeness (QED) is 0.659. The molecule has 134 valence electrons. The smallest absolute Gasteiger partial charge is 0.279 e. The molecule has 3 N–H and O–H groups in total. The van der Waals surface area contributed by atoms with E-state index in [4.69, 9.17) is 4.74 Å². The van der Waals surface area contributed by atoms with Crippen LogP contribution in [-0.2, 0) is 9.59 Å². The lowest BCUT2D eigenvalue weighted by Gasteiger charge is -2.23. The first-order valence-electron chi connectivity index (χ1n) is 8.40. The number of nitrogens with one attached hydrogen (secondary N) is 3. The molecule has 1 atom stereocenters. The minimum atomic E-state index is -0.263. The second-order valence-electron chi connectivity index (χ2n) is 6.76. The summed E-state index contributed by atoms with van der Waals surface area (Å²) in [6.07, 6.45) is 0. The van der Waals surface area contributed by atoms with E-state index in [1.54, 1.807) is 12.1 Å². The van der Waals surface area contributed by atoms with Crippen LogP contribution in [0.3, 0.4) is 0 Å². The molecule has 1 unspecified atom stereocenters. The Bertz CT molecular complexity index is 535. The first-order chi connectivity index (χ1) is 11.2. The molecule has 0 heterocycles. The van der Waals surface area contributed by atoms with Gasteiger partial charge in [-0.1, -0.05) is 0 Å². The lowest BCUT2D eigenvalue weighted by Crippen LogP contribution is -3.14. The van der Waals surface area contributed by atoms with Crippen molar-refractivity contribution in [1.82, 2.24) is 5.32 Å². The molecule has 6 nitrogen and oxygen atoms in total. The fourth-order valence-electron chi connectivity index (χ4n) is 2.24. The summed E-state index contributed by atoms with van der Waals surface area (Å²) in [5, 5.41) is 5.77. The van der Waals surface area contributed by atoms with Crippen LogP contribution in [0.5, 0.6) is 5.75 Å². The van der Waals surface area contributed by atoms with Crippen molar-refractivity contribution in [2.45, 2.75) is 40.2 Å². The lowest BCUT2D eigenvalue weighted by atomic mass is 10.1. The number of rotatable bonds is 8. The van der Waals surface area contributed by atoms with E-state index in [-0.39, 0.29) is 30.4 Å². The Labute approximate surface area is 144 Å². The number of ether oxygens (including phenoxy) is 1. The molecule has 0 radical (unpaired) electrons. The Morgan fingerprint density at radius 3 is 2.12 bits per heavy atom. The summed E-state index contributed by atoms with van der Waals surface area (Å²) in [6, 6.07) is 7.25. The highest BCUT2D eigenvalue weighted by atomic mass is 16.5. The van der Waals surface area contributed by atoms with Crippen molar-refractivity contribution in [3.8, 4) is 5.75 Å². The molecule has 0 aliphatic heterocycles. The zero-order valence-electron chi connectivity index (χ0n) is 15.4. The fourth-order valence-corrected chi connectivity index (χ4v) is 2.24. The molecule has 0 aromatic heterocycles. The average molecular weight is 336 g/mol. The van der Waals surface area contributed by atoms with Gasteiger partial charge in [-0.3, -0.25) is 9.59 Å². The van der Waals surface area contributed by atoms with Crippen LogP contribution in [0, 0.1) is 0 Å². The highest BCUT2D eigenvalue weighted by Crippen LogP contribution is 2.15. The van der Waals surface area contributed by atoms with E-state index < -0.39 is 0 Å². The van der Waals surface area contributed by atoms with Crippen molar-refractivity contribution in [3.63, 3.8) is 0 Å². The number of quaternary nitrogens is 1. The van der Waals surface area contributed by atoms with Crippen LogP contribution in [0.1, 0.15) is 34.6 Å². The molecule has 6 heteroatoms. The lowest BCUT2D eigenvalue weighted by molar-refractivity contribution is -0.881. The van der Waals surface area contributed by atoms with Gasteiger partial charge in [0.05, 0.1) is 13.2 Å². The third-order valence-electron chi connectivity index (χ3n) is 3.28. The Morgan fingerprint density at radius 1 is 1.04 bits per heavy atom. The summed E-state index contributed by atoms with van der Waals surface area (Å²) in [5.41, 5.74) is 0.457. The molecule has 2 amide bonds. The molecule has 1 aromatic carbocycles. The van der Waals surface area contributed by atoms with Gasteiger partial charge in [-0.25, -0.2) is 0 Å². The maximum Gasteiger partial charge on any atom is 0.279 e. The Hall–Kier alpha value is -2.08. The van der Waals surface area contributed by atoms with Crippen molar-refractivity contribution >= 4 is 17.5 Å². The van der Waals surface area contributed by atoms with E-state index in [9.17, 15) is 9.59 Å². The summed E-state index contributed by atoms with van der Waals surface area (Å²) in [5.74, 6) is 0.614. The second kappa shape index (κ2) is 9.27. The fraction of sp³-hybridized carbons (Fsp3) is 0.556. The molecule has 0 fully saturated rings. The minimum absolute atomic E-state index is 0.0479. The molecule has 0 aliphatic carbocycles. The molecular formula is C18H30N3O3+. The first-order valence-corrected chi connectivity index (χ1v) is 8.40. The topological polar surface area (TPSA) is 71.9 Å². The molecule has 1 aromatic rings. The largest absolute Gasteiger partial charge is 0.494 e. The highest BCUT2D eigenvalue weighted by molar-refractivity contribution is 5.91. The summed E-state index contributed by atoms with van der Waals surface area (Å²) in [7, 11) is 0. The maximum atomic E-state index is 12.2. The third kappa shape index (κ3) is 7.97. The average Bonchev–Trinajstić information content (AvgIpc) is 2.47. The molecule has 0 spiro atoms. The summed E-state index contributed by atoms with van der Waals surface area (Å²) < 4.78 is 5.37. The van der Waals surface area contributed by atoms with Gasteiger partial charge in [0.15, 0.2) is 13.1 Å². The van der Waals surface area contributed by atoms with Gasteiger partial charge in [0.1, 0.15) is 5.75 Å². The van der Waals surface area contributed by atoms with Gasteiger partial charge in [0.2, 0.25) is 0 Å². The van der Waals surface area contributed by atoms with E-state index in [1.165, 1.54) is 0 Å². The van der Waals surface area contributed by atoms with E-state index in [2.05, 4.69) is 10.6 Å². The third-order valence-corrected chi connectivity index (χ3v) is 3.28. The van der Waals surface area contributed by atoms with Crippen LogP contribution in [0.15, 0.2) is 24.3 Å². The van der Waals surface area contributed by atoms with Crippen LogP contribution >= 0.6 is 0 Å². The van der Waals surface area contributed by atoms with Gasteiger partial charge in [-0.2, -0.15) is 0 Å². The van der Waals surface area contributed by atoms with Crippen LogP contribution in [0.2, 0.25) is 0 Å². The number of hydrogen-bond acceptors (Lipinski definition) is 3. The van der Waals surface area contributed by atoms with Crippen molar-refractivity contribution in [1.29, 1.82) is 0 Å². The van der Waals surface area contributed by atoms with Crippen molar-refractivity contribution < 1.29 is 19.2 Å². The Kier molecular flexibility index (Phi) is 7.71. The zero-order chi connectivity index (χ0) is 18.2. The van der Waals surface area contributed by atoms with Crippen LogP contribution in [-0.4, -0.2) is 43.6 Å². The predicted molar refractivity (Wildman–Crippen MR) is 95.4 cm³/mol. The van der Waals surface area contributed by atoms with E-state index >= 15 is 0 Å². The number of amides is 2. The number of likely N-dealkylation sites (N-methyl/N-ethyl adjacent to an activating group) is 1. The monoisotopic (exact) mass is 336 g/mol. The number of hydrogen-bond donors (Lipinski definition) is 3. The maximum absolute atomic E-state index is 12.2. The SMILES string of the molecule is CCOc1ccc(NC(=O)C[NH+](CC)CC(=O)NC(C)(C)C)cc1. The number of carbonyl (C=O) groups is 2. The number of benzene rings is 1. The summed E-state index contributed by atoms with van der Waals surface area (Å²) in [6.45, 7) is 11.5. The van der Waals surface area contributed by atoms with Gasteiger partial charge < -0.3 is 20.3 Å².